The van der Waals surface area contributed by atoms with Gasteiger partial charge >= 0.3 is 0 Å². The Morgan fingerprint density at radius 1 is 1.21 bits per heavy atom. The second-order valence-corrected chi connectivity index (χ2v) is 4.44. The van der Waals surface area contributed by atoms with E-state index in [1.807, 2.05) is 7.05 Å². The van der Waals surface area contributed by atoms with E-state index in [-0.39, 0.29) is 5.69 Å². The lowest BCUT2D eigenvalue weighted by molar-refractivity contribution is -0.385. The van der Waals surface area contributed by atoms with Crippen LogP contribution in [0.5, 0.6) is 0 Å². The van der Waals surface area contributed by atoms with Crippen LogP contribution in [0.15, 0.2) is 12.1 Å². The van der Waals surface area contributed by atoms with Gasteiger partial charge in [-0.25, -0.2) is 13.8 Å². The Morgan fingerprint density at radius 3 is 2.21 bits per heavy atom. The minimum atomic E-state index is -0.967. The zero-order valence-corrected chi connectivity index (χ0v) is 10.4. The topological polar surface area (TPSA) is 61.6 Å². The summed E-state index contributed by atoms with van der Waals surface area (Å²) in [5.74, 6) is -1.93. The van der Waals surface area contributed by atoms with E-state index < -0.39 is 22.2 Å². The lowest BCUT2D eigenvalue weighted by Crippen LogP contribution is -2.47. The lowest BCUT2D eigenvalue weighted by Gasteiger charge is -2.33. The number of hydrogen-bond acceptors (Lipinski definition) is 5. The van der Waals surface area contributed by atoms with E-state index in [0.29, 0.717) is 25.2 Å². The summed E-state index contributed by atoms with van der Waals surface area (Å²) in [6.45, 7) is 2.80. The number of piperazine rings is 1. The number of benzene rings is 1. The van der Waals surface area contributed by atoms with Gasteiger partial charge < -0.3 is 10.3 Å². The second kappa shape index (κ2) is 5.45. The summed E-state index contributed by atoms with van der Waals surface area (Å²) >= 11 is 0. The summed E-state index contributed by atoms with van der Waals surface area (Å²) in [6, 6.07) is 1.42. The third-order valence-corrected chi connectivity index (χ3v) is 3.01. The number of rotatable bonds is 3. The quantitative estimate of drug-likeness (QED) is 0.666. The smallest absolute Gasteiger partial charge is 0.275 e. The molecule has 2 rings (SSSR count). The minimum Gasteiger partial charge on any atom is -0.314 e. The van der Waals surface area contributed by atoms with Crippen LogP contribution in [0.2, 0.25) is 0 Å². The van der Waals surface area contributed by atoms with Gasteiger partial charge in [-0.05, 0) is 7.05 Å². The molecule has 1 aromatic carbocycles. The van der Waals surface area contributed by atoms with Gasteiger partial charge in [0.1, 0.15) is 5.69 Å². The molecule has 0 amide bonds. The van der Waals surface area contributed by atoms with E-state index in [2.05, 4.69) is 10.3 Å². The van der Waals surface area contributed by atoms with Crippen molar-refractivity contribution in [2.75, 3.05) is 38.7 Å². The number of hydrogen-bond donors (Lipinski definition) is 1. The summed E-state index contributed by atoms with van der Waals surface area (Å²) in [5.41, 5.74) is 1.69. The number of hydrazine groups is 1. The van der Waals surface area contributed by atoms with Crippen LogP contribution in [-0.2, 0) is 0 Å². The van der Waals surface area contributed by atoms with Crippen molar-refractivity contribution in [3.8, 4) is 0 Å². The molecule has 0 aromatic heterocycles. The van der Waals surface area contributed by atoms with Crippen molar-refractivity contribution in [2.24, 2.45) is 0 Å². The van der Waals surface area contributed by atoms with Crippen LogP contribution in [-0.4, -0.2) is 48.1 Å². The maximum Gasteiger partial charge on any atom is 0.275 e. The van der Waals surface area contributed by atoms with E-state index in [0.717, 1.165) is 13.1 Å². The first-order valence-electron chi connectivity index (χ1n) is 5.81. The molecule has 1 fully saturated rings. The van der Waals surface area contributed by atoms with Crippen molar-refractivity contribution < 1.29 is 13.7 Å². The number of nitro groups is 1. The number of likely N-dealkylation sites (N-methyl/N-ethyl adjacent to an activating group) is 1. The molecule has 0 aliphatic carbocycles. The molecule has 1 aliphatic heterocycles. The van der Waals surface area contributed by atoms with Gasteiger partial charge in [-0.1, -0.05) is 0 Å². The van der Waals surface area contributed by atoms with E-state index in [9.17, 15) is 18.9 Å². The average molecular weight is 272 g/mol. The average Bonchev–Trinajstić information content (AvgIpc) is 2.35. The number of anilines is 1. The maximum atomic E-state index is 13.7. The van der Waals surface area contributed by atoms with Crippen LogP contribution < -0.4 is 5.43 Å². The molecule has 1 aromatic rings. The highest BCUT2D eigenvalue weighted by Crippen LogP contribution is 2.25. The fourth-order valence-corrected chi connectivity index (χ4v) is 1.85. The van der Waals surface area contributed by atoms with E-state index in [1.165, 1.54) is 0 Å². The van der Waals surface area contributed by atoms with Crippen molar-refractivity contribution in [1.29, 1.82) is 0 Å². The van der Waals surface area contributed by atoms with Gasteiger partial charge in [0.25, 0.3) is 5.69 Å². The highest BCUT2D eigenvalue weighted by atomic mass is 19.1. The van der Waals surface area contributed by atoms with Gasteiger partial charge in [0.15, 0.2) is 11.6 Å². The Labute approximate surface area is 108 Å². The highest BCUT2D eigenvalue weighted by Gasteiger charge is 2.20. The molecule has 19 heavy (non-hydrogen) atoms. The summed E-state index contributed by atoms with van der Waals surface area (Å²) in [7, 11) is 1.96. The Bertz CT molecular complexity index is 467. The SMILES string of the molecule is CN1CCN(Nc2c(F)cc([N+](=O)[O-])cc2F)CC1. The van der Waals surface area contributed by atoms with Crippen molar-refractivity contribution in [3.05, 3.63) is 33.9 Å². The molecule has 0 saturated carbocycles. The van der Waals surface area contributed by atoms with Crippen molar-refractivity contribution in [2.45, 2.75) is 0 Å². The number of nitrogens with one attached hydrogen (secondary N) is 1. The van der Waals surface area contributed by atoms with Crippen molar-refractivity contribution >= 4 is 11.4 Å². The van der Waals surface area contributed by atoms with Gasteiger partial charge in [-0.15, -0.1) is 0 Å². The summed E-state index contributed by atoms with van der Waals surface area (Å²) in [6.07, 6.45) is 0. The minimum absolute atomic E-state index is 0.352. The molecule has 0 atom stereocenters. The Kier molecular flexibility index (Phi) is 3.91. The van der Waals surface area contributed by atoms with Crippen LogP contribution in [0.4, 0.5) is 20.2 Å². The molecule has 1 N–H and O–H groups in total. The molecule has 0 unspecified atom stereocenters. The molecule has 0 bridgehead atoms. The summed E-state index contributed by atoms with van der Waals surface area (Å²) in [4.78, 5) is 11.7. The molecule has 1 heterocycles. The largest absolute Gasteiger partial charge is 0.314 e. The van der Waals surface area contributed by atoms with E-state index >= 15 is 0 Å². The van der Waals surface area contributed by atoms with Crippen LogP contribution in [0.1, 0.15) is 0 Å². The number of halogens is 2. The Balaban J connectivity index is 2.14. The molecular weight excluding hydrogens is 258 g/mol. The fraction of sp³-hybridized carbons (Fsp3) is 0.455. The van der Waals surface area contributed by atoms with Gasteiger partial charge in [-0.3, -0.25) is 10.1 Å². The fourth-order valence-electron chi connectivity index (χ4n) is 1.85. The molecular formula is C11H14F2N4O2. The normalized spacial score (nSPS) is 17.4. The van der Waals surface area contributed by atoms with Gasteiger partial charge in [0.2, 0.25) is 0 Å². The maximum absolute atomic E-state index is 13.7. The molecule has 1 saturated heterocycles. The third kappa shape index (κ3) is 3.15. The van der Waals surface area contributed by atoms with Crippen molar-refractivity contribution in [1.82, 2.24) is 9.91 Å². The third-order valence-electron chi connectivity index (χ3n) is 3.01. The van der Waals surface area contributed by atoms with Gasteiger partial charge in [-0.2, -0.15) is 0 Å². The number of nitro benzene ring substituents is 1. The molecule has 8 heteroatoms. The van der Waals surface area contributed by atoms with Crippen LogP contribution in [0.25, 0.3) is 0 Å². The Hall–Kier alpha value is -1.80. The first-order valence-corrected chi connectivity index (χ1v) is 5.81. The molecule has 0 spiro atoms. The number of non-ortho nitro benzene ring substituents is 1. The van der Waals surface area contributed by atoms with Crippen molar-refractivity contribution in [3.63, 3.8) is 0 Å². The predicted molar refractivity (Wildman–Crippen MR) is 65.7 cm³/mol. The van der Waals surface area contributed by atoms with Crippen LogP contribution >= 0.6 is 0 Å². The van der Waals surface area contributed by atoms with E-state index in [4.69, 9.17) is 0 Å². The standard InChI is InChI=1S/C11H14F2N4O2/c1-15-2-4-16(5-3-15)14-11-9(12)6-8(17(18)19)7-10(11)13/h6-7,14H,2-5H2,1H3. The first kappa shape index (κ1) is 13.6. The highest BCUT2D eigenvalue weighted by molar-refractivity contribution is 5.51. The zero-order valence-electron chi connectivity index (χ0n) is 10.4. The first-order chi connectivity index (χ1) is 8.97. The van der Waals surface area contributed by atoms with Gasteiger partial charge in [0.05, 0.1) is 17.1 Å². The zero-order chi connectivity index (χ0) is 14.0. The molecule has 0 radical (unpaired) electrons. The van der Waals surface area contributed by atoms with E-state index in [1.54, 1.807) is 5.01 Å². The van der Waals surface area contributed by atoms with Crippen LogP contribution in [0.3, 0.4) is 0 Å². The predicted octanol–water partition coefficient (Wildman–Crippen LogP) is 1.45. The Morgan fingerprint density at radius 2 is 1.74 bits per heavy atom. The molecule has 6 nitrogen and oxygen atoms in total. The van der Waals surface area contributed by atoms with Gasteiger partial charge in [0, 0.05) is 26.2 Å². The molecule has 104 valence electrons. The lowest BCUT2D eigenvalue weighted by atomic mass is 10.2. The second-order valence-electron chi connectivity index (χ2n) is 4.44. The summed E-state index contributed by atoms with van der Waals surface area (Å²) < 4.78 is 27.3. The van der Waals surface area contributed by atoms with Crippen LogP contribution in [0, 0.1) is 21.7 Å². The number of nitrogens with zero attached hydrogens (tertiary/aromatic N) is 3. The monoisotopic (exact) mass is 272 g/mol. The summed E-state index contributed by atoms with van der Waals surface area (Å²) in [5, 5.41) is 12.2. The molecule has 1 aliphatic rings.